The summed E-state index contributed by atoms with van der Waals surface area (Å²) in [6.45, 7) is 15.1. The zero-order valence-electron chi connectivity index (χ0n) is 41.3. The topological polar surface area (TPSA) is 239 Å². The Balaban J connectivity index is 0.683. The molecule has 5 aliphatic rings. The molecule has 72 heavy (non-hydrogen) atoms. The predicted molar refractivity (Wildman–Crippen MR) is 262 cm³/mol. The van der Waals surface area contributed by atoms with E-state index in [0.717, 1.165) is 31.4 Å². The van der Waals surface area contributed by atoms with Crippen LogP contribution in [-0.4, -0.2) is 157 Å². The number of carbonyl (C=O) groups is 4. The van der Waals surface area contributed by atoms with Crippen LogP contribution in [0.25, 0.3) is 33.8 Å². The molecule has 8 heterocycles. The fourth-order valence-electron chi connectivity index (χ4n) is 10.6. The first-order chi connectivity index (χ1) is 34.4. The van der Waals surface area contributed by atoms with Crippen LogP contribution < -0.4 is 26.2 Å². The molecule has 5 aromatic rings. The van der Waals surface area contributed by atoms with Crippen LogP contribution in [0.2, 0.25) is 0 Å². The first-order valence-electron chi connectivity index (χ1n) is 24.8. The van der Waals surface area contributed by atoms with Gasteiger partial charge in [-0.1, -0.05) is 5.16 Å². The molecule has 1 aliphatic carbocycles. The summed E-state index contributed by atoms with van der Waals surface area (Å²) in [5, 5.41) is 15.1. The smallest absolute Gasteiger partial charge is 0.410 e. The SMILES string of the molecule is CC(C)(C1CCN(c2c(F)cc(N[C@@H]3CCC(=O)NC3=O)cc2F)CC1)N1CCN(C(=O)COC(=O)N2CCN(c3cnc(-c4c(-c5nn(C(C)(C)C)c6ncnc(N)c56)noc4C4CC4)nc3)CC2)CC1. The number of piperazine rings is 2. The molecule has 4 amide bonds. The van der Waals surface area contributed by atoms with Crippen molar-refractivity contribution in [2.45, 2.75) is 96.2 Å². The fourth-order valence-corrected chi connectivity index (χ4v) is 10.6. The quantitative estimate of drug-likeness (QED) is 0.151. The van der Waals surface area contributed by atoms with Crippen molar-refractivity contribution >= 4 is 57.7 Å². The number of carbonyl (C=O) groups excluding carboxylic acids is 4. The molecule has 382 valence electrons. The molecular formula is C49H61F2N15O6. The lowest BCUT2D eigenvalue weighted by molar-refractivity contribution is -0.137. The number of nitrogens with one attached hydrogen (secondary N) is 2. The molecule has 5 fully saturated rings. The third-order valence-electron chi connectivity index (χ3n) is 15.0. The first kappa shape index (κ1) is 48.6. The zero-order valence-corrected chi connectivity index (χ0v) is 41.3. The molecular weight excluding hydrogens is 933 g/mol. The molecule has 4 aliphatic heterocycles. The number of rotatable bonds is 11. The van der Waals surface area contributed by atoms with E-state index in [0.29, 0.717) is 105 Å². The Kier molecular flexibility index (Phi) is 12.9. The number of hydrogen-bond acceptors (Lipinski definition) is 17. The highest BCUT2D eigenvalue weighted by atomic mass is 19.1. The molecule has 0 bridgehead atoms. The number of imide groups is 1. The van der Waals surface area contributed by atoms with Crippen molar-refractivity contribution in [1.82, 2.24) is 54.9 Å². The van der Waals surface area contributed by atoms with Crippen molar-refractivity contribution in [2.75, 3.05) is 92.9 Å². The minimum absolute atomic E-state index is 0.0896. The van der Waals surface area contributed by atoms with E-state index >= 15 is 8.78 Å². The summed E-state index contributed by atoms with van der Waals surface area (Å²) >= 11 is 0. The average molecular weight is 994 g/mol. The van der Waals surface area contributed by atoms with Crippen LogP contribution in [0.4, 0.5) is 36.5 Å². The molecule has 1 saturated carbocycles. The summed E-state index contributed by atoms with van der Waals surface area (Å²) in [6.07, 6.45) is 8.16. The Morgan fingerprint density at radius 1 is 0.833 bits per heavy atom. The standard InChI is InChI=1S/C49H61F2N15O6/c1-48(2,3)66-45-38(43(52)55-27-56-45)39(59-66)40-37(42(72-60-40)28-6-7-28)44-53-24-31(25-54-44)61-14-16-64(17-15-61)47(70)71-26-36(68)62-18-20-65(21-19-62)49(4,5)29-10-12-63(13-11-29)41-32(50)22-30(23-33(41)51)57-34-8-9-35(67)58-46(34)69/h22-25,27-29,34,57H,6-21,26H2,1-5H3,(H2,52,55,56)(H,58,67,69)/t34-/m1/s1. The Bertz CT molecular complexity index is 2850. The molecule has 10 rings (SSSR count). The first-order valence-corrected chi connectivity index (χ1v) is 24.8. The van der Waals surface area contributed by atoms with Gasteiger partial charge in [-0.3, -0.25) is 24.6 Å². The number of anilines is 4. The number of hydrogen-bond donors (Lipinski definition) is 3. The van der Waals surface area contributed by atoms with Gasteiger partial charge in [0.2, 0.25) is 11.8 Å². The number of ether oxygens (including phenoxy) is 1. The van der Waals surface area contributed by atoms with Gasteiger partial charge in [0, 0.05) is 89.0 Å². The molecule has 0 unspecified atom stereocenters. The molecule has 21 nitrogen and oxygen atoms in total. The van der Waals surface area contributed by atoms with E-state index in [9.17, 15) is 19.2 Å². The molecule has 4 aromatic heterocycles. The molecule has 23 heteroatoms. The maximum atomic E-state index is 15.4. The lowest BCUT2D eigenvalue weighted by atomic mass is 9.78. The lowest BCUT2D eigenvalue weighted by Crippen LogP contribution is -2.60. The van der Waals surface area contributed by atoms with Gasteiger partial charge in [-0.25, -0.2) is 38.2 Å². The highest BCUT2D eigenvalue weighted by Crippen LogP contribution is 2.48. The number of benzene rings is 1. The number of aromatic nitrogens is 7. The van der Waals surface area contributed by atoms with Crippen LogP contribution in [-0.2, 0) is 24.7 Å². The second-order valence-electron chi connectivity index (χ2n) is 20.9. The van der Waals surface area contributed by atoms with Gasteiger partial charge in [0.05, 0.1) is 34.6 Å². The second-order valence-corrected chi connectivity index (χ2v) is 20.9. The van der Waals surface area contributed by atoms with Gasteiger partial charge < -0.3 is 39.9 Å². The van der Waals surface area contributed by atoms with E-state index in [1.54, 1.807) is 27.1 Å². The van der Waals surface area contributed by atoms with Crippen LogP contribution in [0.5, 0.6) is 0 Å². The van der Waals surface area contributed by atoms with Crippen molar-refractivity contribution in [3.63, 3.8) is 0 Å². The number of nitrogen functional groups attached to an aromatic ring is 1. The average Bonchev–Trinajstić information content (AvgIpc) is 3.98. The van der Waals surface area contributed by atoms with Gasteiger partial charge in [-0.05, 0) is 84.8 Å². The van der Waals surface area contributed by atoms with Crippen LogP contribution in [0.1, 0.15) is 84.8 Å². The normalized spacial score (nSPS) is 19.8. The number of amides is 4. The largest absolute Gasteiger partial charge is 0.439 e. The van der Waals surface area contributed by atoms with Crippen molar-refractivity contribution in [1.29, 1.82) is 0 Å². The number of fused-ring (bicyclic) bond motifs is 1. The maximum Gasteiger partial charge on any atom is 0.410 e. The van der Waals surface area contributed by atoms with Crippen LogP contribution >= 0.6 is 0 Å². The summed E-state index contributed by atoms with van der Waals surface area (Å²) in [5.41, 5.74) is 8.83. The van der Waals surface area contributed by atoms with Crippen LogP contribution in [0, 0.1) is 17.6 Å². The monoisotopic (exact) mass is 993 g/mol. The van der Waals surface area contributed by atoms with Gasteiger partial charge in [0.15, 0.2) is 35.5 Å². The summed E-state index contributed by atoms with van der Waals surface area (Å²) in [6, 6.07) is 1.64. The van der Waals surface area contributed by atoms with Crippen molar-refractivity contribution in [3.8, 4) is 22.8 Å². The third kappa shape index (κ3) is 9.57. The van der Waals surface area contributed by atoms with Gasteiger partial charge >= 0.3 is 6.09 Å². The minimum atomic E-state index is -0.751. The number of nitrogens with zero attached hydrogens (tertiary/aromatic N) is 12. The van der Waals surface area contributed by atoms with Crippen LogP contribution in [0.3, 0.4) is 0 Å². The van der Waals surface area contributed by atoms with Gasteiger partial charge in [-0.2, -0.15) is 5.10 Å². The van der Waals surface area contributed by atoms with E-state index in [4.69, 9.17) is 30.1 Å². The highest BCUT2D eigenvalue weighted by molar-refractivity contribution is 6.02. The molecule has 1 atom stereocenters. The van der Waals surface area contributed by atoms with Gasteiger partial charge in [-0.15, -0.1) is 0 Å². The van der Waals surface area contributed by atoms with E-state index in [1.165, 1.54) is 18.5 Å². The second kappa shape index (κ2) is 19.2. The maximum absolute atomic E-state index is 15.4. The van der Waals surface area contributed by atoms with Crippen molar-refractivity contribution in [3.05, 3.63) is 48.2 Å². The third-order valence-corrected chi connectivity index (χ3v) is 15.0. The predicted octanol–water partition coefficient (Wildman–Crippen LogP) is 4.75. The van der Waals surface area contributed by atoms with Crippen molar-refractivity contribution in [2.24, 2.45) is 5.92 Å². The summed E-state index contributed by atoms with van der Waals surface area (Å²) in [7, 11) is 0. The Morgan fingerprint density at radius 3 is 2.14 bits per heavy atom. The fraction of sp³-hybridized carbons (Fsp3) is 0.551. The van der Waals surface area contributed by atoms with Crippen molar-refractivity contribution < 1.29 is 37.2 Å². The molecule has 0 radical (unpaired) electrons. The molecule has 4 N–H and O–H groups in total. The van der Waals surface area contributed by atoms with E-state index in [2.05, 4.69) is 49.4 Å². The number of halogens is 2. The van der Waals surface area contributed by atoms with Crippen LogP contribution in [0.15, 0.2) is 35.4 Å². The zero-order chi connectivity index (χ0) is 50.6. The molecule has 1 aromatic carbocycles. The number of piperidine rings is 2. The lowest BCUT2D eigenvalue weighted by Gasteiger charge is -2.50. The van der Waals surface area contributed by atoms with E-state index < -0.39 is 35.2 Å². The Morgan fingerprint density at radius 2 is 1.50 bits per heavy atom. The Hall–Kier alpha value is -7.04. The summed E-state index contributed by atoms with van der Waals surface area (Å²) in [5.74, 6) is -0.687. The van der Waals surface area contributed by atoms with E-state index in [-0.39, 0.29) is 65.8 Å². The van der Waals surface area contributed by atoms with Gasteiger partial charge in [0.25, 0.3) is 5.91 Å². The number of nitrogens with two attached hydrogens (primary N) is 1. The Labute approximate surface area is 414 Å². The molecule has 0 spiro atoms. The van der Waals surface area contributed by atoms with Gasteiger partial charge in [0.1, 0.15) is 35.3 Å². The molecule has 4 saturated heterocycles. The summed E-state index contributed by atoms with van der Waals surface area (Å²) < 4.78 is 44.1. The minimum Gasteiger partial charge on any atom is -0.439 e. The van der Waals surface area contributed by atoms with E-state index in [1.807, 2.05) is 25.5 Å². The summed E-state index contributed by atoms with van der Waals surface area (Å²) in [4.78, 5) is 78.1. The highest BCUT2D eigenvalue weighted by Gasteiger charge is 2.41.